The summed E-state index contributed by atoms with van der Waals surface area (Å²) in [6.07, 6.45) is 0. The topological polar surface area (TPSA) is 74.8 Å². The van der Waals surface area contributed by atoms with Crippen LogP contribution in [0.3, 0.4) is 0 Å². The minimum absolute atomic E-state index is 0.288. The molecule has 0 aliphatic carbocycles. The van der Waals surface area contributed by atoms with Gasteiger partial charge >= 0.3 is 0 Å². The highest BCUT2D eigenvalue weighted by molar-refractivity contribution is 7.89. The Labute approximate surface area is 154 Å². The normalized spacial score (nSPS) is 16.2. The predicted molar refractivity (Wildman–Crippen MR) is 97.3 cm³/mol. The zero-order chi connectivity index (χ0) is 18.6. The van der Waals surface area contributed by atoms with Crippen LogP contribution < -0.4 is 9.64 Å². The number of nitrogens with one attached hydrogen (secondary N) is 1. The summed E-state index contributed by atoms with van der Waals surface area (Å²) in [4.78, 5) is 1.57. The van der Waals surface area contributed by atoms with Crippen molar-refractivity contribution in [2.24, 2.45) is 0 Å². The van der Waals surface area contributed by atoms with Gasteiger partial charge in [-0.1, -0.05) is 18.2 Å². The Bertz CT molecular complexity index is 896. The van der Waals surface area contributed by atoms with Crippen molar-refractivity contribution in [3.8, 4) is 11.8 Å². The molecule has 1 N–H and O–H groups in total. The highest BCUT2D eigenvalue weighted by Crippen LogP contribution is 2.19. The van der Waals surface area contributed by atoms with Crippen LogP contribution in [-0.4, -0.2) is 46.0 Å². The fourth-order valence-electron chi connectivity index (χ4n) is 3.17. The van der Waals surface area contributed by atoms with Gasteiger partial charge in [0.2, 0.25) is 10.0 Å². The Balaban J connectivity index is 1.65. The molecule has 0 bridgehead atoms. The Morgan fingerprint density at radius 1 is 1.12 bits per heavy atom. The second kappa shape index (κ2) is 7.87. The maximum absolute atomic E-state index is 12.8. The van der Waals surface area contributed by atoms with Crippen LogP contribution in [0.15, 0.2) is 53.4 Å². The number of sulfonamides is 1. The van der Waals surface area contributed by atoms with Crippen molar-refractivity contribution in [1.29, 1.82) is 5.26 Å². The number of ether oxygens (including phenoxy) is 1. The van der Waals surface area contributed by atoms with Crippen molar-refractivity contribution >= 4 is 10.0 Å². The van der Waals surface area contributed by atoms with E-state index in [2.05, 4.69) is 6.07 Å². The number of quaternary nitrogens is 1. The number of rotatable bonds is 5. The molecule has 2 aromatic rings. The van der Waals surface area contributed by atoms with Crippen molar-refractivity contribution in [2.45, 2.75) is 11.4 Å². The Hall–Kier alpha value is -2.40. The molecular weight excluding hydrogens is 350 g/mol. The van der Waals surface area contributed by atoms with Gasteiger partial charge in [0.15, 0.2) is 0 Å². The van der Waals surface area contributed by atoms with Gasteiger partial charge in [0.1, 0.15) is 12.3 Å². The minimum Gasteiger partial charge on any atom is -0.497 e. The monoisotopic (exact) mass is 372 g/mol. The lowest BCUT2D eigenvalue weighted by atomic mass is 10.1. The summed E-state index contributed by atoms with van der Waals surface area (Å²) in [5.74, 6) is 0.634. The van der Waals surface area contributed by atoms with Crippen molar-refractivity contribution in [2.75, 3.05) is 33.3 Å². The molecule has 0 atom stereocenters. The van der Waals surface area contributed by atoms with Crippen LogP contribution in [0.5, 0.6) is 5.75 Å². The fourth-order valence-corrected chi connectivity index (χ4v) is 4.61. The van der Waals surface area contributed by atoms with Crippen molar-refractivity contribution in [1.82, 2.24) is 4.31 Å². The van der Waals surface area contributed by atoms with Crippen molar-refractivity contribution in [3.05, 3.63) is 59.7 Å². The highest BCUT2D eigenvalue weighted by atomic mass is 32.2. The molecule has 1 fully saturated rings. The average Bonchev–Trinajstić information content (AvgIpc) is 2.69. The van der Waals surface area contributed by atoms with Gasteiger partial charge in [0.05, 0.1) is 49.8 Å². The van der Waals surface area contributed by atoms with Crippen LogP contribution in [0, 0.1) is 11.3 Å². The number of methoxy groups -OCH3 is 1. The first-order chi connectivity index (χ1) is 12.5. The molecule has 6 nitrogen and oxygen atoms in total. The summed E-state index contributed by atoms with van der Waals surface area (Å²) in [6.45, 7) is 3.11. The third-order valence-electron chi connectivity index (χ3n) is 4.70. The first-order valence-corrected chi connectivity index (χ1v) is 9.94. The Morgan fingerprint density at radius 2 is 1.77 bits per heavy atom. The van der Waals surface area contributed by atoms with Gasteiger partial charge < -0.3 is 9.64 Å². The molecule has 2 aromatic carbocycles. The maximum atomic E-state index is 12.8. The molecule has 0 spiro atoms. The highest BCUT2D eigenvalue weighted by Gasteiger charge is 2.30. The molecule has 0 aromatic heterocycles. The SMILES string of the molecule is COc1ccc(S(=O)(=O)N2CC[NH+](Cc3ccccc3C#N)CC2)cc1. The van der Waals surface area contributed by atoms with E-state index >= 15 is 0 Å². The van der Waals surface area contributed by atoms with Crippen LogP contribution in [0.2, 0.25) is 0 Å². The van der Waals surface area contributed by atoms with Gasteiger partial charge in [-0.3, -0.25) is 0 Å². The molecule has 7 heteroatoms. The Morgan fingerprint density at radius 3 is 2.38 bits per heavy atom. The van der Waals surface area contributed by atoms with Crippen LogP contribution >= 0.6 is 0 Å². The molecule has 1 aliphatic heterocycles. The first kappa shape index (κ1) is 18.4. The van der Waals surface area contributed by atoms with E-state index in [0.717, 1.165) is 25.2 Å². The predicted octanol–water partition coefficient (Wildman–Crippen LogP) is 0.656. The first-order valence-electron chi connectivity index (χ1n) is 8.50. The van der Waals surface area contributed by atoms with Crippen LogP contribution in [0.4, 0.5) is 0 Å². The van der Waals surface area contributed by atoms with E-state index in [1.807, 2.05) is 24.3 Å². The summed E-state index contributed by atoms with van der Waals surface area (Å²) in [7, 11) is -1.93. The average molecular weight is 372 g/mol. The number of hydrogen-bond donors (Lipinski definition) is 1. The van der Waals surface area contributed by atoms with Gasteiger partial charge in [-0.2, -0.15) is 9.57 Å². The smallest absolute Gasteiger partial charge is 0.243 e. The van der Waals surface area contributed by atoms with Gasteiger partial charge in [-0.25, -0.2) is 8.42 Å². The van der Waals surface area contributed by atoms with E-state index in [0.29, 0.717) is 24.4 Å². The maximum Gasteiger partial charge on any atom is 0.243 e. The van der Waals surface area contributed by atoms with Crippen LogP contribution in [0.25, 0.3) is 0 Å². The third kappa shape index (κ3) is 3.88. The number of nitriles is 1. The number of nitrogens with zero attached hydrogens (tertiary/aromatic N) is 2. The molecule has 1 saturated heterocycles. The fraction of sp³-hybridized carbons (Fsp3) is 0.316. The molecule has 0 saturated carbocycles. The number of piperazine rings is 1. The van der Waals surface area contributed by atoms with Gasteiger partial charge in [0.25, 0.3) is 0 Å². The molecule has 3 rings (SSSR count). The van der Waals surface area contributed by atoms with Gasteiger partial charge in [-0.15, -0.1) is 0 Å². The van der Waals surface area contributed by atoms with Gasteiger partial charge in [0, 0.05) is 5.56 Å². The van der Waals surface area contributed by atoms with E-state index in [4.69, 9.17) is 4.74 Å². The molecule has 26 heavy (non-hydrogen) atoms. The Kier molecular flexibility index (Phi) is 5.57. The van der Waals surface area contributed by atoms with E-state index in [9.17, 15) is 13.7 Å². The van der Waals surface area contributed by atoms with Crippen molar-refractivity contribution in [3.63, 3.8) is 0 Å². The lowest BCUT2D eigenvalue weighted by Crippen LogP contribution is -3.13. The van der Waals surface area contributed by atoms with Crippen molar-refractivity contribution < 1.29 is 18.1 Å². The molecular formula is C19H22N3O3S+. The summed E-state index contributed by atoms with van der Waals surface area (Å²) >= 11 is 0. The molecule has 0 unspecified atom stereocenters. The molecule has 0 radical (unpaired) electrons. The van der Waals surface area contributed by atoms with E-state index in [1.165, 1.54) is 9.21 Å². The second-order valence-electron chi connectivity index (χ2n) is 6.28. The summed E-state index contributed by atoms with van der Waals surface area (Å²) in [5, 5.41) is 9.20. The standard InChI is InChI=1S/C19H21N3O3S/c1-25-18-6-8-19(9-7-18)26(23,24)22-12-10-21(11-13-22)15-17-5-3-2-4-16(17)14-20/h2-9H,10-13,15H2,1H3/p+1. The zero-order valence-electron chi connectivity index (χ0n) is 14.7. The molecule has 1 heterocycles. The van der Waals surface area contributed by atoms with Crippen LogP contribution in [-0.2, 0) is 16.6 Å². The number of hydrogen-bond acceptors (Lipinski definition) is 4. The zero-order valence-corrected chi connectivity index (χ0v) is 15.5. The largest absolute Gasteiger partial charge is 0.497 e. The summed E-state index contributed by atoms with van der Waals surface area (Å²) in [5.41, 5.74) is 1.70. The number of benzene rings is 2. The third-order valence-corrected chi connectivity index (χ3v) is 6.62. The molecule has 136 valence electrons. The second-order valence-corrected chi connectivity index (χ2v) is 8.21. The van der Waals surface area contributed by atoms with E-state index < -0.39 is 10.0 Å². The lowest BCUT2D eigenvalue weighted by Gasteiger charge is -2.31. The molecule has 0 amide bonds. The lowest BCUT2D eigenvalue weighted by molar-refractivity contribution is -0.917. The molecule has 1 aliphatic rings. The van der Waals surface area contributed by atoms with Gasteiger partial charge in [-0.05, 0) is 30.3 Å². The van der Waals surface area contributed by atoms with Crippen LogP contribution in [0.1, 0.15) is 11.1 Å². The quantitative estimate of drug-likeness (QED) is 0.837. The van der Waals surface area contributed by atoms with E-state index in [-0.39, 0.29) is 4.90 Å². The summed E-state index contributed by atoms with van der Waals surface area (Å²) in [6, 6.07) is 16.3. The van der Waals surface area contributed by atoms with E-state index in [1.54, 1.807) is 31.4 Å². The summed E-state index contributed by atoms with van der Waals surface area (Å²) < 4.78 is 32.2. The minimum atomic E-state index is -3.48.